The van der Waals surface area contributed by atoms with Gasteiger partial charge in [-0.05, 0) is 148 Å². The quantitative estimate of drug-likeness (QED) is 0.104. The third-order valence-electron chi connectivity index (χ3n) is 15.2. The molecule has 0 aliphatic heterocycles. The van der Waals surface area contributed by atoms with Crippen LogP contribution in [0.15, 0.2) is 0 Å². The van der Waals surface area contributed by atoms with Gasteiger partial charge < -0.3 is 9.47 Å². The van der Waals surface area contributed by atoms with Crippen LogP contribution in [-0.4, -0.2) is 25.2 Å². The van der Waals surface area contributed by atoms with E-state index in [2.05, 4.69) is 69.2 Å². The molecule has 0 aromatic rings. The summed E-state index contributed by atoms with van der Waals surface area (Å²) in [5.74, 6) is 4.46. The average molecular weight is 729 g/mol. The van der Waals surface area contributed by atoms with E-state index >= 15 is 0 Å². The number of esters is 2. The maximum absolute atomic E-state index is 13.5. The van der Waals surface area contributed by atoms with Crippen molar-refractivity contribution in [1.29, 1.82) is 0 Å². The van der Waals surface area contributed by atoms with Gasteiger partial charge in [-0.25, -0.2) is 0 Å². The maximum atomic E-state index is 13.5. The number of unbranched alkanes of at least 4 members (excludes halogenated alkanes) is 2. The molecule has 4 nitrogen and oxygen atoms in total. The predicted molar refractivity (Wildman–Crippen MR) is 220 cm³/mol. The van der Waals surface area contributed by atoms with Gasteiger partial charge in [0.1, 0.15) is 0 Å². The van der Waals surface area contributed by atoms with Gasteiger partial charge in [-0.2, -0.15) is 0 Å². The first kappa shape index (κ1) is 45.3. The van der Waals surface area contributed by atoms with Crippen LogP contribution in [0.3, 0.4) is 0 Å². The Hall–Kier alpha value is -1.06. The highest BCUT2D eigenvalue weighted by Gasteiger charge is 2.42. The normalized spacial score (nSPS) is 30.8. The molecule has 0 amide bonds. The van der Waals surface area contributed by atoms with E-state index in [0.29, 0.717) is 47.7 Å². The van der Waals surface area contributed by atoms with Gasteiger partial charge in [0, 0.05) is 0 Å². The molecule has 3 aliphatic carbocycles. The fraction of sp³-hybridized carbons (Fsp3) is 0.958. The van der Waals surface area contributed by atoms with Crippen LogP contribution in [0.2, 0.25) is 0 Å². The zero-order valence-corrected chi connectivity index (χ0v) is 36.4. The molecule has 52 heavy (non-hydrogen) atoms. The number of carbonyl (C=O) groups excluding carboxylic acids is 2. The van der Waals surface area contributed by atoms with E-state index in [4.69, 9.17) is 9.47 Å². The third kappa shape index (κ3) is 13.9. The van der Waals surface area contributed by atoms with E-state index in [1.54, 1.807) is 0 Å². The van der Waals surface area contributed by atoms with Crippen LogP contribution in [0.25, 0.3) is 0 Å². The number of rotatable bonds is 22. The first-order valence-electron chi connectivity index (χ1n) is 23.1. The van der Waals surface area contributed by atoms with Crippen LogP contribution in [0.5, 0.6) is 0 Å². The van der Waals surface area contributed by atoms with Crippen molar-refractivity contribution in [3.63, 3.8) is 0 Å². The summed E-state index contributed by atoms with van der Waals surface area (Å²) in [5, 5.41) is 0. The van der Waals surface area contributed by atoms with Crippen molar-refractivity contribution < 1.29 is 19.1 Å². The first-order chi connectivity index (χ1) is 24.7. The summed E-state index contributed by atoms with van der Waals surface area (Å²) in [5.41, 5.74) is 0.838. The molecule has 0 saturated heterocycles. The highest BCUT2D eigenvalue weighted by Crippen LogP contribution is 2.51. The molecular weight excluding hydrogens is 641 g/mol. The van der Waals surface area contributed by atoms with Gasteiger partial charge in [-0.15, -0.1) is 0 Å². The molecule has 3 fully saturated rings. The van der Waals surface area contributed by atoms with E-state index < -0.39 is 0 Å². The minimum absolute atomic E-state index is 0.144. The molecular formula is C48H88O4. The zero-order valence-electron chi connectivity index (χ0n) is 36.4. The summed E-state index contributed by atoms with van der Waals surface area (Å²) in [6.07, 6.45) is 26.4. The van der Waals surface area contributed by atoms with Crippen molar-refractivity contribution in [3.05, 3.63) is 0 Å². The lowest BCUT2D eigenvalue weighted by Crippen LogP contribution is -2.38. The van der Waals surface area contributed by atoms with Crippen molar-refractivity contribution in [3.8, 4) is 0 Å². The molecule has 4 heteroatoms. The Labute approximate surface area is 323 Å². The van der Waals surface area contributed by atoms with Crippen molar-refractivity contribution in [2.45, 2.75) is 210 Å². The Kier molecular flexibility index (Phi) is 19.6. The van der Waals surface area contributed by atoms with Crippen LogP contribution in [-0.2, 0) is 19.1 Å². The Morgan fingerprint density at radius 2 is 0.885 bits per heavy atom. The van der Waals surface area contributed by atoms with E-state index in [-0.39, 0.29) is 23.8 Å². The van der Waals surface area contributed by atoms with Gasteiger partial charge in [-0.1, -0.05) is 121 Å². The van der Waals surface area contributed by atoms with E-state index in [9.17, 15) is 9.59 Å². The predicted octanol–water partition coefficient (Wildman–Crippen LogP) is 14.0. The lowest BCUT2D eigenvalue weighted by atomic mass is 9.60. The second kappa shape index (κ2) is 22.5. The minimum atomic E-state index is -0.337. The number of hydrogen-bond acceptors (Lipinski definition) is 4. The third-order valence-corrected chi connectivity index (χ3v) is 15.2. The fourth-order valence-corrected chi connectivity index (χ4v) is 11.5. The molecule has 0 heterocycles. The van der Waals surface area contributed by atoms with Crippen LogP contribution < -0.4 is 0 Å². The average Bonchev–Trinajstić information content (AvgIpc) is 3.11. The van der Waals surface area contributed by atoms with E-state index in [1.165, 1.54) is 89.9 Å². The van der Waals surface area contributed by atoms with Gasteiger partial charge >= 0.3 is 11.9 Å². The van der Waals surface area contributed by atoms with Crippen LogP contribution >= 0.6 is 0 Å². The topological polar surface area (TPSA) is 52.6 Å². The second-order valence-electron chi connectivity index (χ2n) is 20.3. The molecule has 0 aromatic carbocycles. The summed E-state index contributed by atoms with van der Waals surface area (Å²) < 4.78 is 12.1. The van der Waals surface area contributed by atoms with Gasteiger partial charge in [0.25, 0.3) is 0 Å². The van der Waals surface area contributed by atoms with Gasteiger partial charge in [0.2, 0.25) is 0 Å². The van der Waals surface area contributed by atoms with Crippen molar-refractivity contribution in [2.75, 3.05) is 13.2 Å². The Morgan fingerprint density at radius 1 is 0.538 bits per heavy atom. The van der Waals surface area contributed by atoms with Gasteiger partial charge in [-0.3, -0.25) is 9.59 Å². The van der Waals surface area contributed by atoms with E-state index in [0.717, 1.165) is 75.0 Å². The number of hydrogen-bond donors (Lipinski definition) is 0. The van der Waals surface area contributed by atoms with Crippen molar-refractivity contribution >= 4 is 11.9 Å². The molecule has 3 aliphatic rings. The Balaban J connectivity index is 1.44. The summed E-state index contributed by atoms with van der Waals surface area (Å²) in [7, 11) is 0. The number of carbonyl (C=O) groups is 2. The minimum Gasteiger partial charge on any atom is -0.465 e. The molecule has 0 aromatic heterocycles. The number of ether oxygens (including phenoxy) is 2. The smallest absolute Gasteiger partial charge is 0.309 e. The first-order valence-corrected chi connectivity index (χ1v) is 23.1. The highest BCUT2D eigenvalue weighted by atomic mass is 16.5. The Morgan fingerprint density at radius 3 is 1.19 bits per heavy atom. The summed E-state index contributed by atoms with van der Waals surface area (Å²) in [6.45, 7) is 25.2. The fourth-order valence-electron chi connectivity index (χ4n) is 11.5. The second-order valence-corrected chi connectivity index (χ2v) is 20.3. The van der Waals surface area contributed by atoms with Crippen LogP contribution in [0.4, 0.5) is 0 Å². The molecule has 0 spiro atoms. The van der Waals surface area contributed by atoms with Crippen LogP contribution in [0, 0.1) is 70.0 Å². The molecule has 0 radical (unpaired) electrons. The standard InChI is InChI=1S/C48H88O4/c1-11-13-17-37(7)29-39(9)31-47(35(3)4)25-21-41(22-26-47)33-51-45(49)43-19-15-16-20-44(43)46(50)52-34-42-23-27-48(28-24-42,36(5)6)32-40(10)30-38(8)18-14-12-2/h35-44H,11-34H2,1-10H3. The molecule has 0 N–H and O–H groups in total. The summed E-state index contributed by atoms with van der Waals surface area (Å²) in [6, 6.07) is 0. The summed E-state index contributed by atoms with van der Waals surface area (Å²) >= 11 is 0. The molecule has 3 rings (SSSR count). The van der Waals surface area contributed by atoms with Crippen LogP contribution in [0.1, 0.15) is 210 Å². The molecule has 304 valence electrons. The van der Waals surface area contributed by atoms with Crippen molar-refractivity contribution in [1.82, 2.24) is 0 Å². The lowest BCUT2D eigenvalue weighted by molar-refractivity contribution is -0.165. The van der Waals surface area contributed by atoms with Gasteiger partial charge in [0.05, 0.1) is 25.0 Å². The monoisotopic (exact) mass is 729 g/mol. The van der Waals surface area contributed by atoms with Crippen molar-refractivity contribution in [2.24, 2.45) is 70.0 Å². The molecule has 0 bridgehead atoms. The maximum Gasteiger partial charge on any atom is 0.309 e. The Bertz CT molecular complexity index is 920. The zero-order chi connectivity index (χ0) is 38.3. The van der Waals surface area contributed by atoms with E-state index in [1.807, 2.05) is 0 Å². The largest absolute Gasteiger partial charge is 0.465 e. The summed E-state index contributed by atoms with van der Waals surface area (Å²) in [4.78, 5) is 27.1. The van der Waals surface area contributed by atoms with Gasteiger partial charge in [0.15, 0.2) is 0 Å². The SMILES string of the molecule is CCCCC(C)CC(C)CC1(C(C)C)CCC(COC(=O)C2CCCCC2C(=O)OCC2CCC(CC(C)CC(C)CCCC)(C(C)C)CC2)CC1. The lowest BCUT2D eigenvalue weighted by Gasteiger charge is -2.45. The molecule has 6 unspecified atom stereocenters. The molecule has 3 saturated carbocycles. The highest BCUT2D eigenvalue weighted by molar-refractivity contribution is 5.82. The molecule has 6 atom stereocenters.